The number of carbonyl (C=O) groups is 1. The molecule has 3 aromatic rings. The van der Waals surface area contributed by atoms with Crippen LogP contribution in [0.3, 0.4) is 0 Å². The van der Waals surface area contributed by atoms with E-state index in [1.807, 2.05) is 55.6 Å². The first-order valence-corrected chi connectivity index (χ1v) is 9.77. The largest absolute Gasteiger partial charge is 0.393 e. The third-order valence-electron chi connectivity index (χ3n) is 4.70. The van der Waals surface area contributed by atoms with Crippen LogP contribution in [0.15, 0.2) is 65.4 Å². The summed E-state index contributed by atoms with van der Waals surface area (Å²) in [5, 5.41) is 2.86. The Morgan fingerprint density at radius 3 is 2.70 bits per heavy atom. The molecule has 30 heavy (non-hydrogen) atoms. The highest BCUT2D eigenvalue weighted by Crippen LogP contribution is 2.15. The Hall–Kier alpha value is -3.74. The molecule has 0 saturated heterocycles. The molecule has 1 amide bonds. The number of rotatable bonds is 7. The number of carbonyl (C=O) groups excluding carboxylic acids is 1. The number of hydrogen-bond acceptors (Lipinski definition) is 5. The summed E-state index contributed by atoms with van der Waals surface area (Å²) < 4.78 is 1.30. The molecule has 0 spiro atoms. The van der Waals surface area contributed by atoms with Crippen molar-refractivity contribution in [1.29, 1.82) is 0 Å². The van der Waals surface area contributed by atoms with Gasteiger partial charge < -0.3 is 11.1 Å². The van der Waals surface area contributed by atoms with Gasteiger partial charge in [-0.05, 0) is 30.5 Å². The van der Waals surface area contributed by atoms with Crippen molar-refractivity contribution in [3.63, 3.8) is 0 Å². The topological polar surface area (TPSA) is 103 Å². The highest BCUT2D eigenvalue weighted by atomic mass is 16.2. The molecular weight excluding hydrogens is 378 g/mol. The van der Waals surface area contributed by atoms with Crippen molar-refractivity contribution in [2.75, 3.05) is 12.3 Å². The van der Waals surface area contributed by atoms with Crippen LogP contribution in [0.1, 0.15) is 25.0 Å². The van der Waals surface area contributed by atoms with Crippen LogP contribution in [0.2, 0.25) is 0 Å². The molecule has 1 aromatic carbocycles. The lowest BCUT2D eigenvalue weighted by Gasteiger charge is -2.13. The summed E-state index contributed by atoms with van der Waals surface area (Å²) in [6.45, 7) is 4.23. The number of aryl methyl sites for hydroxylation is 1. The molecule has 2 aromatic heterocycles. The van der Waals surface area contributed by atoms with E-state index in [0.717, 1.165) is 23.1 Å². The minimum absolute atomic E-state index is 0.00206. The fourth-order valence-electron chi connectivity index (χ4n) is 3.11. The average molecular weight is 403 g/mol. The molecule has 0 fully saturated rings. The highest BCUT2D eigenvalue weighted by Gasteiger charge is 2.14. The quantitative estimate of drug-likeness (QED) is 0.631. The number of hydrogen-bond donors (Lipinski definition) is 2. The van der Waals surface area contributed by atoms with Gasteiger partial charge >= 0.3 is 0 Å². The number of benzene rings is 1. The zero-order valence-electron chi connectivity index (χ0n) is 17.1. The smallest absolute Gasteiger partial charge is 0.277 e. The van der Waals surface area contributed by atoms with Crippen LogP contribution in [0, 0.1) is 0 Å². The summed E-state index contributed by atoms with van der Waals surface area (Å²) in [5.41, 5.74) is 9.25. The van der Waals surface area contributed by atoms with Crippen molar-refractivity contribution in [3.05, 3.63) is 82.0 Å². The SMILES string of the molecule is CCc1ccncc1/C=C(\C)CNC(=O)Cn1c(-c2ccccc2)ncc(N)c1=O. The van der Waals surface area contributed by atoms with Gasteiger partial charge in [-0.25, -0.2) is 4.98 Å². The minimum Gasteiger partial charge on any atom is -0.393 e. The van der Waals surface area contributed by atoms with E-state index >= 15 is 0 Å². The van der Waals surface area contributed by atoms with E-state index < -0.39 is 5.56 Å². The number of nitrogen functional groups attached to an aromatic ring is 1. The molecule has 3 rings (SSSR count). The summed E-state index contributed by atoms with van der Waals surface area (Å²) in [6.07, 6.45) is 7.83. The first kappa shape index (κ1) is 21.0. The van der Waals surface area contributed by atoms with E-state index in [2.05, 4.69) is 22.2 Å². The second-order valence-electron chi connectivity index (χ2n) is 6.99. The molecule has 3 N–H and O–H groups in total. The average Bonchev–Trinajstić information content (AvgIpc) is 2.76. The van der Waals surface area contributed by atoms with Crippen molar-refractivity contribution in [2.45, 2.75) is 26.8 Å². The molecule has 0 saturated carbocycles. The van der Waals surface area contributed by atoms with E-state index in [1.165, 1.54) is 16.3 Å². The molecule has 7 heteroatoms. The van der Waals surface area contributed by atoms with Crippen LogP contribution in [-0.4, -0.2) is 27.0 Å². The molecule has 154 valence electrons. The Morgan fingerprint density at radius 1 is 1.20 bits per heavy atom. The highest BCUT2D eigenvalue weighted by molar-refractivity contribution is 5.77. The summed E-state index contributed by atoms with van der Waals surface area (Å²) in [5.74, 6) is 0.108. The molecule has 0 aliphatic heterocycles. The van der Waals surface area contributed by atoms with Crippen LogP contribution < -0.4 is 16.6 Å². The van der Waals surface area contributed by atoms with Crippen LogP contribution in [0.5, 0.6) is 0 Å². The summed E-state index contributed by atoms with van der Waals surface area (Å²) in [7, 11) is 0. The van der Waals surface area contributed by atoms with Gasteiger partial charge in [0, 0.05) is 24.5 Å². The number of pyridine rings is 1. The van der Waals surface area contributed by atoms with Crippen molar-refractivity contribution >= 4 is 17.7 Å². The number of nitrogens with two attached hydrogens (primary N) is 1. The van der Waals surface area contributed by atoms with Crippen LogP contribution in [0.4, 0.5) is 5.69 Å². The van der Waals surface area contributed by atoms with E-state index in [0.29, 0.717) is 12.4 Å². The van der Waals surface area contributed by atoms with Gasteiger partial charge in [0.15, 0.2) is 0 Å². The Bertz CT molecular complexity index is 1120. The number of anilines is 1. The second-order valence-corrected chi connectivity index (χ2v) is 6.99. The van der Waals surface area contributed by atoms with E-state index in [-0.39, 0.29) is 18.1 Å². The third-order valence-corrected chi connectivity index (χ3v) is 4.70. The zero-order chi connectivity index (χ0) is 21.5. The zero-order valence-corrected chi connectivity index (χ0v) is 17.1. The van der Waals surface area contributed by atoms with Gasteiger partial charge in [0.05, 0.1) is 6.20 Å². The Kier molecular flexibility index (Phi) is 6.75. The first-order chi connectivity index (χ1) is 14.5. The molecule has 2 heterocycles. The van der Waals surface area contributed by atoms with Gasteiger partial charge in [-0.2, -0.15) is 0 Å². The molecule has 0 unspecified atom stereocenters. The predicted octanol–water partition coefficient (Wildman–Crippen LogP) is 2.67. The normalized spacial score (nSPS) is 11.3. The van der Waals surface area contributed by atoms with Crippen LogP contribution >= 0.6 is 0 Å². The maximum atomic E-state index is 12.6. The first-order valence-electron chi connectivity index (χ1n) is 9.77. The lowest BCUT2D eigenvalue weighted by Crippen LogP contribution is -2.35. The molecule has 0 aliphatic rings. The molecule has 0 radical (unpaired) electrons. The van der Waals surface area contributed by atoms with Gasteiger partial charge in [-0.15, -0.1) is 0 Å². The van der Waals surface area contributed by atoms with E-state index in [9.17, 15) is 9.59 Å². The summed E-state index contributed by atoms with van der Waals surface area (Å²) in [4.78, 5) is 33.5. The fraction of sp³-hybridized carbons (Fsp3) is 0.217. The Balaban J connectivity index is 1.75. The van der Waals surface area contributed by atoms with Gasteiger partial charge in [0.25, 0.3) is 5.56 Å². The maximum absolute atomic E-state index is 12.6. The standard InChI is InChI=1S/C23H25N5O2/c1-3-17-9-10-25-13-19(17)11-16(2)12-26-21(29)15-28-22(18-7-5-4-6-8-18)27-14-20(24)23(28)30/h4-11,13-14H,3,12,15,24H2,1-2H3,(H,26,29)/b16-11+. The van der Waals surface area contributed by atoms with Gasteiger partial charge in [0.1, 0.15) is 18.1 Å². The second kappa shape index (κ2) is 9.65. The lowest BCUT2D eigenvalue weighted by molar-refractivity contribution is -0.121. The number of amides is 1. The molecule has 0 aliphatic carbocycles. The van der Waals surface area contributed by atoms with Gasteiger partial charge in [0.2, 0.25) is 5.91 Å². The molecule has 7 nitrogen and oxygen atoms in total. The third kappa shape index (κ3) is 5.00. The summed E-state index contributed by atoms with van der Waals surface area (Å²) in [6, 6.07) is 11.2. The Morgan fingerprint density at radius 2 is 1.97 bits per heavy atom. The molecular formula is C23H25N5O2. The van der Waals surface area contributed by atoms with Crippen molar-refractivity contribution < 1.29 is 4.79 Å². The van der Waals surface area contributed by atoms with Crippen molar-refractivity contribution in [3.8, 4) is 11.4 Å². The Labute approximate surface area is 175 Å². The lowest BCUT2D eigenvalue weighted by atomic mass is 10.1. The van der Waals surface area contributed by atoms with Gasteiger partial charge in [-0.1, -0.05) is 48.9 Å². The molecule has 0 atom stereocenters. The van der Waals surface area contributed by atoms with Crippen molar-refractivity contribution in [2.24, 2.45) is 0 Å². The predicted molar refractivity (Wildman–Crippen MR) is 119 cm³/mol. The van der Waals surface area contributed by atoms with E-state index in [4.69, 9.17) is 5.73 Å². The monoisotopic (exact) mass is 403 g/mol. The van der Waals surface area contributed by atoms with Crippen LogP contribution in [0.25, 0.3) is 17.5 Å². The van der Waals surface area contributed by atoms with Gasteiger partial charge in [-0.3, -0.25) is 19.1 Å². The maximum Gasteiger partial charge on any atom is 0.277 e. The number of aromatic nitrogens is 3. The number of nitrogens with one attached hydrogen (secondary N) is 1. The van der Waals surface area contributed by atoms with Crippen LogP contribution in [-0.2, 0) is 17.8 Å². The summed E-state index contributed by atoms with van der Waals surface area (Å²) >= 11 is 0. The minimum atomic E-state index is -0.436. The van der Waals surface area contributed by atoms with E-state index in [1.54, 1.807) is 6.20 Å². The molecule has 0 bridgehead atoms. The van der Waals surface area contributed by atoms with Crippen molar-refractivity contribution in [1.82, 2.24) is 19.9 Å². The fourth-order valence-corrected chi connectivity index (χ4v) is 3.11. The number of nitrogens with zero attached hydrogens (tertiary/aromatic N) is 3.